The average Bonchev–Trinajstić information content (AvgIpc) is 2.07. The number of benzene rings is 1. The van der Waals surface area contributed by atoms with Crippen molar-refractivity contribution in [3.8, 4) is 0 Å². The maximum atomic E-state index is 5.36. The van der Waals surface area contributed by atoms with Crippen molar-refractivity contribution in [2.24, 2.45) is 5.73 Å². The van der Waals surface area contributed by atoms with Gasteiger partial charge in [-0.15, -0.1) is 0 Å². The third kappa shape index (κ3) is 3.16. The van der Waals surface area contributed by atoms with E-state index >= 15 is 0 Å². The minimum absolute atomic E-state index is 0.757. The SMILES string of the molecule is NCC[NH2+]Cc1ccccc1. The molecule has 0 saturated heterocycles. The van der Waals surface area contributed by atoms with Crippen molar-refractivity contribution in [2.45, 2.75) is 6.54 Å². The van der Waals surface area contributed by atoms with Gasteiger partial charge in [0.1, 0.15) is 6.54 Å². The second-order valence-electron chi connectivity index (χ2n) is 2.56. The molecule has 0 radical (unpaired) electrons. The van der Waals surface area contributed by atoms with E-state index in [0.717, 1.165) is 19.6 Å². The summed E-state index contributed by atoms with van der Waals surface area (Å²) in [6, 6.07) is 10.4. The molecule has 0 spiro atoms. The smallest absolute Gasteiger partial charge is 0.101 e. The third-order valence-corrected chi connectivity index (χ3v) is 1.59. The van der Waals surface area contributed by atoms with Gasteiger partial charge in [-0.1, -0.05) is 30.3 Å². The standard InChI is InChI=1S/C9H14N2/c10-6-7-11-8-9-4-2-1-3-5-9/h1-5,11H,6-8,10H2/p+1. The van der Waals surface area contributed by atoms with Gasteiger partial charge in [-0.2, -0.15) is 0 Å². The summed E-state index contributed by atoms with van der Waals surface area (Å²) in [4.78, 5) is 0. The van der Waals surface area contributed by atoms with Crippen LogP contribution in [0.3, 0.4) is 0 Å². The Morgan fingerprint density at radius 1 is 1.18 bits per heavy atom. The minimum atomic E-state index is 0.757. The maximum Gasteiger partial charge on any atom is 0.101 e. The summed E-state index contributed by atoms with van der Waals surface area (Å²) in [6.45, 7) is 2.81. The molecule has 1 aromatic rings. The summed E-state index contributed by atoms with van der Waals surface area (Å²) < 4.78 is 0. The van der Waals surface area contributed by atoms with Crippen molar-refractivity contribution in [1.29, 1.82) is 0 Å². The first-order valence-electron chi connectivity index (χ1n) is 3.99. The molecular formula is C9H15N2+. The molecule has 0 saturated carbocycles. The van der Waals surface area contributed by atoms with E-state index < -0.39 is 0 Å². The van der Waals surface area contributed by atoms with Crippen molar-refractivity contribution in [1.82, 2.24) is 0 Å². The van der Waals surface area contributed by atoms with E-state index in [4.69, 9.17) is 5.73 Å². The summed E-state index contributed by atoms with van der Waals surface area (Å²) in [5.41, 5.74) is 6.72. The van der Waals surface area contributed by atoms with Gasteiger partial charge < -0.3 is 11.1 Å². The molecule has 0 fully saturated rings. The van der Waals surface area contributed by atoms with Gasteiger partial charge in [-0.25, -0.2) is 0 Å². The summed E-state index contributed by atoms with van der Waals surface area (Å²) in [6.07, 6.45) is 0. The van der Waals surface area contributed by atoms with Gasteiger partial charge in [-0.05, 0) is 0 Å². The van der Waals surface area contributed by atoms with Crippen LogP contribution in [0.25, 0.3) is 0 Å². The van der Waals surface area contributed by atoms with Gasteiger partial charge in [0.05, 0.1) is 6.54 Å². The highest BCUT2D eigenvalue weighted by molar-refractivity contribution is 5.12. The van der Waals surface area contributed by atoms with E-state index in [-0.39, 0.29) is 0 Å². The summed E-state index contributed by atoms with van der Waals surface area (Å²) in [7, 11) is 0. The second-order valence-corrected chi connectivity index (χ2v) is 2.56. The fourth-order valence-corrected chi connectivity index (χ4v) is 1.00. The molecule has 4 N–H and O–H groups in total. The lowest BCUT2D eigenvalue weighted by molar-refractivity contribution is -0.668. The topological polar surface area (TPSA) is 42.6 Å². The summed E-state index contributed by atoms with van der Waals surface area (Å²) in [5.74, 6) is 0. The molecule has 0 atom stereocenters. The van der Waals surface area contributed by atoms with E-state index in [1.807, 2.05) is 6.07 Å². The lowest BCUT2D eigenvalue weighted by Crippen LogP contribution is -2.83. The third-order valence-electron chi connectivity index (χ3n) is 1.59. The highest BCUT2D eigenvalue weighted by Crippen LogP contribution is 1.93. The minimum Gasteiger partial charge on any atom is -0.341 e. The zero-order valence-corrected chi connectivity index (χ0v) is 6.66. The number of hydrogen-bond acceptors (Lipinski definition) is 1. The first-order valence-corrected chi connectivity index (χ1v) is 3.99. The molecule has 1 rings (SSSR count). The Labute approximate surface area is 67.4 Å². The van der Waals surface area contributed by atoms with E-state index in [1.165, 1.54) is 5.56 Å². The number of nitrogens with two attached hydrogens (primary N) is 2. The molecule has 11 heavy (non-hydrogen) atoms. The molecule has 0 aliphatic heterocycles. The summed E-state index contributed by atoms with van der Waals surface area (Å²) in [5, 5.41) is 2.22. The van der Waals surface area contributed by atoms with Crippen LogP contribution in [0.5, 0.6) is 0 Å². The van der Waals surface area contributed by atoms with Crippen LogP contribution in [0, 0.1) is 0 Å². The van der Waals surface area contributed by atoms with E-state index in [1.54, 1.807) is 0 Å². The van der Waals surface area contributed by atoms with Crippen molar-refractivity contribution < 1.29 is 5.32 Å². The highest BCUT2D eigenvalue weighted by atomic mass is 14.9. The Morgan fingerprint density at radius 2 is 1.91 bits per heavy atom. The van der Waals surface area contributed by atoms with Crippen LogP contribution >= 0.6 is 0 Å². The van der Waals surface area contributed by atoms with Gasteiger partial charge in [-0.3, -0.25) is 0 Å². The Balaban J connectivity index is 2.28. The first kappa shape index (κ1) is 8.24. The van der Waals surface area contributed by atoms with Crippen LogP contribution in [0.4, 0.5) is 0 Å². The Hall–Kier alpha value is -0.860. The predicted octanol–water partition coefficient (Wildman–Crippen LogP) is -0.291. The normalized spacial score (nSPS) is 9.91. The van der Waals surface area contributed by atoms with Crippen LogP contribution in [-0.4, -0.2) is 13.1 Å². The molecule has 2 heteroatoms. The molecule has 0 aliphatic rings. The van der Waals surface area contributed by atoms with Gasteiger partial charge in [0.2, 0.25) is 0 Å². The van der Waals surface area contributed by atoms with Crippen LogP contribution in [0.15, 0.2) is 30.3 Å². The van der Waals surface area contributed by atoms with Gasteiger partial charge in [0.25, 0.3) is 0 Å². The summed E-state index contributed by atoms with van der Waals surface area (Å²) >= 11 is 0. The van der Waals surface area contributed by atoms with Crippen molar-refractivity contribution in [2.75, 3.05) is 13.1 Å². The molecule has 0 aromatic heterocycles. The van der Waals surface area contributed by atoms with Crippen LogP contribution in [-0.2, 0) is 6.54 Å². The molecule has 0 amide bonds. The molecule has 2 nitrogen and oxygen atoms in total. The number of rotatable bonds is 4. The molecule has 0 heterocycles. The van der Waals surface area contributed by atoms with Gasteiger partial charge in [0, 0.05) is 12.1 Å². The lowest BCUT2D eigenvalue weighted by atomic mass is 10.2. The zero-order chi connectivity index (χ0) is 7.94. The molecule has 1 aromatic carbocycles. The zero-order valence-electron chi connectivity index (χ0n) is 6.66. The number of hydrogen-bond donors (Lipinski definition) is 2. The fourth-order valence-electron chi connectivity index (χ4n) is 1.00. The van der Waals surface area contributed by atoms with E-state index in [2.05, 4.69) is 29.6 Å². The van der Waals surface area contributed by atoms with Crippen LogP contribution < -0.4 is 11.1 Å². The Bertz CT molecular complexity index is 184. The van der Waals surface area contributed by atoms with E-state index in [9.17, 15) is 0 Å². The molecule has 0 bridgehead atoms. The Morgan fingerprint density at radius 3 is 2.55 bits per heavy atom. The fraction of sp³-hybridized carbons (Fsp3) is 0.333. The largest absolute Gasteiger partial charge is 0.341 e. The quantitative estimate of drug-likeness (QED) is 0.570. The van der Waals surface area contributed by atoms with Crippen molar-refractivity contribution >= 4 is 0 Å². The van der Waals surface area contributed by atoms with Crippen LogP contribution in [0.1, 0.15) is 5.56 Å². The number of quaternary nitrogens is 1. The van der Waals surface area contributed by atoms with Crippen LogP contribution in [0.2, 0.25) is 0 Å². The Kier molecular flexibility index (Phi) is 3.65. The molecule has 0 unspecified atom stereocenters. The van der Waals surface area contributed by atoms with Crippen molar-refractivity contribution in [3.05, 3.63) is 35.9 Å². The first-order chi connectivity index (χ1) is 5.43. The highest BCUT2D eigenvalue weighted by Gasteiger charge is 1.90. The van der Waals surface area contributed by atoms with Gasteiger partial charge in [0.15, 0.2) is 0 Å². The predicted molar refractivity (Wildman–Crippen MR) is 46.0 cm³/mol. The second kappa shape index (κ2) is 4.88. The average molecular weight is 151 g/mol. The maximum absolute atomic E-state index is 5.36. The lowest BCUT2D eigenvalue weighted by Gasteiger charge is -1.98. The molecule has 0 aliphatic carbocycles. The van der Waals surface area contributed by atoms with Gasteiger partial charge >= 0.3 is 0 Å². The molecular weight excluding hydrogens is 136 g/mol. The van der Waals surface area contributed by atoms with Crippen molar-refractivity contribution in [3.63, 3.8) is 0 Å². The molecule has 60 valence electrons. The van der Waals surface area contributed by atoms with E-state index in [0.29, 0.717) is 0 Å². The monoisotopic (exact) mass is 151 g/mol.